The van der Waals surface area contributed by atoms with E-state index in [1.54, 1.807) is 23.0 Å². The SMILES string of the molecule is O=C(Nc1ccc(OC(F)(F)Cl)cc1)c1cnc(N2CC[C@@H](O)C2)c(-c2ccn(CCO)n2)c1. The summed E-state index contributed by atoms with van der Waals surface area (Å²) >= 11 is 4.76. The zero-order valence-electron chi connectivity index (χ0n) is 17.9. The van der Waals surface area contributed by atoms with E-state index in [2.05, 4.69) is 20.1 Å². The molecular weight excluding hydrogens is 472 g/mol. The van der Waals surface area contributed by atoms with Gasteiger partial charge < -0.3 is 25.2 Å². The second kappa shape index (κ2) is 9.92. The van der Waals surface area contributed by atoms with Crippen LogP contribution in [-0.2, 0) is 6.54 Å². The molecule has 1 aliphatic heterocycles. The molecule has 3 N–H and O–H groups in total. The zero-order valence-corrected chi connectivity index (χ0v) is 18.6. The Balaban J connectivity index is 1.58. The lowest BCUT2D eigenvalue weighted by Crippen LogP contribution is -2.23. The molecule has 0 aliphatic carbocycles. The number of ether oxygens (including phenoxy) is 1. The maximum Gasteiger partial charge on any atom is 0.487 e. The predicted molar refractivity (Wildman–Crippen MR) is 121 cm³/mol. The molecule has 0 bridgehead atoms. The fourth-order valence-electron chi connectivity index (χ4n) is 3.63. The van der Waals surface area contributed by atoms with Crippen molar-refractivity contribution >= 4 is 29.0 Å². The molecule has 0 radical (unpaired) electrons. The molecule has 2 aromatic heterocycles. The second-order valence-corrected chi connectivity index (χ2v) is 8.14. The average Bonchev–Trinajstić information content (AvgIpc) is 3.43. The van der Waals surface area contributed by atoms with Gasteiger partial charge in [-0.05, 0) is 42.8 Å². The third kappa shape index (κ3) is 5.79. The van der Waals surface area contributed by atoms with Gasteiger partial charge >= 0.3 is 5.57 Å². The number of anilines is 2. The predicted octanol–water partition coefficient (Wildman–Crippen LogP) is 2.93. The van der Waals surface area contributed by atoms with Crippen LogP contribution in [0.25, 0.3) is 11.3 Å². The maximum absolute atomic E-state index is 12.9. The molecule has 34 heavy (non-hydrogen) atoms. The summed E-state index contributed by atoms with van der Waals surface area (Å²) in [5, 5.41) is 26.3. The highest BCUT2D eigenvalue weighted by molar-refractivity contribution is 6.20. The fourth-order valence-corrected chi connectivity index (χ4v) is 3.72. The first-order valence-electron chi connectivity index (χ1n) is 10.5. The summed E-state index contributed by atoms with van der Waals surface area (Å²) in [6.45, 7) is 1.28. The summed E-state index contributed by atoms with van der Waals surface area (Å²) in [6.07, 6.45) is 3.29. The van der Waals surface area contributed by atoms with Crippen LogP contribution >= 0.6 is 11.6 Å². The number of carbonyl (C=O) groups is 1. The fraction of sp³-hybridized carbons (Fsp3) is 0.318. The van der Waals surface area contributed by atoms with E-state index in [9.17, 15) is 23.8 Å². The average molecular weight is 494 g/mol. The summed E-state index contributed by atoms with van der Waals surface area (Å²) in [4.78, 5) is 19.3. The van der Waals surface area contributed by atoms with Crippen molar-refractivity contribution < 1.29 is 28.5 Å². The first-order chi connectivity index (χ1) is 16.2. The van der Waals surface area contributed by atoms with E-state index in [4.69, 9.17) is 11.6 Å². The van der Waals surface area contributed by atoms with E-state index >= 15 is 0 Å². The third-order valence-electron chi connectivity index (χ3n) is 5.18. The van der Waals surface area contributed by atoms with Gasteiger partial charge in [-0.15, -0.1) is 8.78 Å². The smallest absolute Gasteiger partial charge is 0.420 e. The first-order valence-corrected chi connectivity index (χ1v) is 10.8. The highest BCUT2D eigenvalue weighted by atomic mass is 35.5. The highest BCUT2D eigenvalue weighted by Gasteiger charge is 2.28. The minimum atomic E-state index is -3.83. The van der Waals surface area contributed by atoms with Gasteiger partial charge in [0.2, 0.25) is 0 Å². The number of aliphatic hydroxyl groups is 2. The van der Waals surface area contributed by atoms with Crippen molar-refractivity contribution in [2.24, 2.45) is 0 Å². The zero-order chi connectivity index (χ0) is 24.3. The summed E-state index contributed by atoms with van der Waals surface area (Å²) in [5.41, 5.74) is -2.05. The molecule has 9 nitrogen and oxygen atoms in total. The van der Waals surface area contributed by atoms with Crippen molar-refractivity contribution in [2.45, 2.75) is 24.6 Å². The quantitative estimate of drug-likeness (QED) is 0.413. The number of carbonyl (C=O) groups excluding carboxylic acids is 1. The van der Waals surface area contributed by atoms with Gasteiger partial charge in [0.15, 0.2) is 0 Å². The molecule has 3 heterocycles. The van der Waals surface area contributed by atoms with Crippen LogP contribution in [0.5, 0.6) is 5.75 Å². The van der Waals surface area contributed by atoms with Crippen LogP contribution in [0.4, 0.5) is 20.3 Å². The molecule has 0 spiro atoms. The minimum Gasteiger partial charge on any atom is -0.420 e. The van der Waals surface area contributed by atoms with E-state index < -0.39 is 17.6 Å². The standard InChI is InChI=1S/C22H22ClF2N5O4/c23-22(24,25)34-17-3-1-15(2-4-17)27-21(33)14-11-18(19-6-8-30(28-19)9-10-31)20(26-12-14)29-7-5-16(32)13-29/h1-4,6,8,11-12,16,31-32H,5,7,9-10,13H2,(H,27,33)/t16-/m1/s1. The van der Waals surface area contributed by atoms with Crippen molar-refractivity contribution in [3.8, 4) is 17.0 Å². The Morgan fingerprint density at radius 3 is 2.71 bits per heavy atom. The molecule has 1 fully saturated rings. The number of aromatic nitrogens is 3. The lowest BCUT2D eigenvalue weighted by atomic mass is 10.1. The molecule has 180 valence electrons. The molecule has 1 amide bonds. The highest BCUT2D eigenvalue weighted by Crippen LogP contribution is 2.31. The van der Waals surface area contributed by atoms with Crippen molar-refractivity contribution in [3.05, 3.63) is 54.4 Å². The molecule has 1 aliphatic rings. The third-order valence-corrected chi connectivity index (χ3v) is 5.26. The van der Waals surface area contributed by atoms with E-state index in [0.29, 0.717) is 48.8 Å². The Morgan fingerprint density at radius 1 is 1.29 bits per heavy atom. The number of benzene rings is 1. The number of hydrogen-bond donors (Lipinski definition) is 3. The molecule has 1 saturated heterocycles. The normalized spacial score (nSPS) is 16.0. The minimum absolute atomic E-state index is 0.0701. The van der Waals surface area contributed by atoms with Crippen LogP contribution in [0.2, 0.25) is 0 Å². The van der Waals surface area contributed by atoms with Crippen LogP contribution in [0.15, 0.2) is 48.8 Å². The molecule has 3 aromatic rings. The van der Waals surface area contributed by atoms with Crippen LogP contribution in [-0.4, -0.2) is 62.3 Å². The van der Waals surface area contributed by atoms with Crippen molar-refractivity contribution in [3.63, 3.8) is 0 Å². The Hall–Kier alpha value is -3.28. The number of pyridine rings is 1. The number of hydrogen-bond acceptors (Lipinski definition) is 7. The number of amides is 1. The summed E-state index contributed by atoms with van der Waals surface area (Å²) in [5.74, 6) is -0.0312. The number of nitrogens with one attached hydrogen (secondary N) is 1. The van der Waals surface area contributed by atoms with Crippen LogP contribution in [0.3, 0.4) is 0 Å². The Morgan fingerprint density at radius 2 is 2.06 bits per heavy atom. The Kier molecular flexibility index (Phi) is 6.96. The van der Waals surface area contributed by atoms with Crippen molar-refractivity contribution in [2.75, 3.05) is 29.9 Å². The van der Waals surface area contributed by atoms with E-state index in [1.165, 1.54) is 30.5 Å². The second-order valence-electron chi connectivity index (χ2n) is 7.70. The number of halogens is 3. The molecular formula is C22H22ClF2N5O4. The van der Waals surface area contributed by atoms with Gasteiger partial charge in [0.1, 0.15) is 11.6 Å². The van der Waals surface area contributed by atoms with Crippen LogP contribution in [0, 0.1) is 0 Å². The van der Waals surface area contributed by atoms with Crippen LogP contribution < -0.4 is 15.0 Å². The lowest BCUT2D eigenvalue weighted by Gasteiger charge is -2.20. The van der Waals surface area contributed by atoms with Gasteiger partial charge in [0, 0.05) is 48.3 Å². The molecule has 12 heteroatoms. The van der Waals surface area contributed by atoms with E-state index in [0.717, 1.165) is 0 Å². The van der Waals surface area contributed by atoms with Crippen LogP contribution in [0.1, 0.15) is 16.8 Å². The molecule has 0 unspecified atom stereocenters. The molecule has 1 atom stereocenters. The number of nitrogens with zero attached hydrogens (tertiary/aromatic N) is 4. The number of aliphatic hydroxyl groups excluding tert-OH is 2. The Bertz CT molecular complexity index is 1150. The number of rotatable bonds is 8. The summed E-state index contributed by atoms with van der Waals surface area (Å²) in [6, 6.07) is 8.73. The van der Waals surface area contributed by atoms with Gasteiger partial charge in [-0.2, -0.15) is 5.10 Å². The van der Waals surface area contributed by atoms with Crippen molar-refractivity contribution in [1.29, 1.82) is 0 Å². The van der Waals surface area contributed by atoms with Gasteiger partial charge in [-0.25, -0.2) is 4.98 Å². The topological polar surface area (TPSA) is 113 Å². The van der Waals surface area contributed by atoms with Gasteiger partial charge in [-0.3, -0.25) is 9.48 Å². The van der Waals surface area contributed by atoms with Crippen molar-refractivity contribution in [1.82, 2.24) is 14.8 Å². The van der Waals surface area contributed by atoms with E-state index in [-0.39, 0.29) is 17.9 Å². The molecule has 0 saturated carbocycles. The van der Waals surface area contributed by atoms with Gasteiger partial charge in [0.05, 0.1) is 30.5 Å². The number of β-amino-alcohol motifs (C(OH)–C–C–N with tert-alkyl or cyclic N) is 1. The van der Waals surface area contributed by atoms with Gasteiger partial charge in [0.25, 0.3) is 5.91 Å². The van der Waals surface area contributed by atoms with Gasteiger partial charge in [-0.1, -0.05) is 0 Å². The summed E-state index contributed by atoms with van der Waals surface area (Å²) in [7, 11) is 0. The molecule has 4 rings (SSSR count). The Labute approximate surface area is 198 Å². The largest absolute Gasteiger partial charge is 0.487 e. The van der Waals surface area contributed by atoms with E-state index in [1.807, 2.05) is 4.90 Å². The number of alkyl halides is 3. The first kappa shape index (κ1) is 23.9. The maximum atomic E-state index is 12.9. The lowest BCUT2D eigenvalue weighted by molar-refractivity contribution is -0.0964. The monoisotopic (exact) mass is 493 g/mol. The molecule has 1 aromatic carbocycles. The summed E-state index contributed by atoms with van der Waals surface area (Å²) < 4.78 is 31.4.